The van der Waals surface area contributed by atoms with Crippen molar-refractivity contribution >= 4 is 14.2 Å². The summed E-state index contributed by atoms with van der Waals surface area (Å²) in [5, 5.41) is 3.08. The van der Waals surface area contributed by atoms with E-state index in [1.165, 1.54) is 6.42 Å². The highest BCUT2D eigenvalue weighted by molar-refractivity contribution is 6.73. The molecular weight excluding hydrogens is 362 g/mol. The highest BCUT2D eigenvalue weighted by Gasteiger charge is 2.63. The lowest BCUT2D eigenvalue weighted by atomic mass is 9.94. The van der Waals surface area contributed by atoms with Gasteiger partial charge in [0.1, 0.15) is 18.3 Å². The quantitative estimate of drug-likeness (QED) is 0.665. The van der Waals surface area contributed by atoms with Gasteiger partial charge in [0.25, 0.3) is 0 Å². The number of hydrogen-bond acceptors (Lipinski definition) is 5. The number of carbonyl (C=O) groups excluding carboxylic acids is 1. The summed E-state index contributed by atoms with van der Waals surface area (Å²) in [6.45, 7) is 8.22. The number of carbonyl (C=O) groups is 1. The van der Waals surface area contributed by atoms with Crippen molar-refractivity contribution in [3.63, 3.8) is 0 Å². The fourth-order valence-electron chi connectivity index (χ4n) is 5.20. The summed E-state index contributed by atoms with van der Waals surface area (Å²) in [6.07, 6.45) is 4.55. The van der Waals surface area contributed by atoms with Crippen LogP contribution in [0, 0.1) is 0 Å². The van der Waals surface area contributed by atoms with Crippen molar-refractivity contribution in [3.8, 4) is 0 Å². The molecule has 156 valence electrons. The first kappa shape index (κ1) is 21.2. The Morgan fingerprint density at radius 1 is 1.04 bits per heavy atom. The Balaban J connectivity index is 1.89. The number of rotatable bonds is 7. The fraction of sp³-hybridized carbons (Fsp3) is 0.950. The molecule has 0 bridgehead atoms. The van der Waals surface area contributed by atoms with Gasteiger partial charge in [-0.05, 0) is 31.0 Å². The molecule has 0 radical (unpaired) electrons. The van der Waals surface area contributed by atoms with Gasteiger partial charge in [-0.2, -0.15) is 0 Å². The highest BCUT2D eigenvalue weighted by Crippen LogP contribution is 2.48. The predicted octanol–water partition coefficient (Wildman–Crippen LogP) is 3.35. The van der Waals surface area contributed by atoms with Crippen LogP contribution in [0.3, 0.4) is 0 Å². The van der Waals surface area contributed by atoms with E-state index in [0.29, 0.717) is 0 Å². The second-order valence-corrected chi connectivity index (χ2v) is 13.1. The summed E-state index contributed by atoms with van der Waals surface area (Å²) in [5.74, 6) is -0.554. The Labute approximate surface area is 164 Å². The second kappa shape index (κ2) is 8.49. The molecule has 1 heterocycles. The van der Waals surface area contributed by atoms with E-state index < -0.39 is 14.1 Å². The zero-order valence-electron chi connectivity index (χ0n) is 17.6. The van der Waals surface area contributed by atoms with Crippen molar-refractivity contribution in [1.29, 1.82) is 0 Å². The number of fused-ring (bicyclic) bond motifs is 1. The third-order valence-corrected chi connectivity index (χ3v) is 11.6. The molecule has 3 fully saturated rings. The standard InChI is InChI=1S/C20H37NO5Si/c1-6-27(7-2,8-3)26-17-15(21-14(4)22)16(23-5)18-19(17)25-20(24-18)12-10-9-11-13-20/h15-19H,6-13H2,1-5H3,(H,21,22)/t15-,16-,17+,18+,19-/m1/s1. The molecule has 3 rings (SSSR count). The number of methoxy groups -OCH3 is 1. The van der Waals surface area contributed by atoms with E-state index in [2.05, 4.69) is 26.1 Å². The van der Waals surface area contributed by atoms with Gasteiger partial charge in [0.15, 0.2) is 14.1 Å². The van der Waals surface area contributed by atoms with E-state index in [4.69, 9.17) is 18.6 Å². The monoisotopic (exact) mass is 399 g/mol. The molecule has 0 unspecified atom stereocenters. The van der Waals surface area contributed by atoms with Gasteiger partial charge >= 0.3 is 0 Å². The Morgan fingerprint density at radius 3 is 2.07 bits per heavy atom. The summed E-state index contributed by atoms with van der Waals surface area (Å²) < 4.78 is 25.8. The lowest BCUT2D eigenvalue weighted by Crippen LogP contribution is -2.55. The van der Waals surface area contributed by atoms with Gasteiger partial charge in [0.05, 0.1) is 12.1 Å². The first-order valence-electron chi connectivity index (χ1n) is 10.8. The van der Waals surface area contributed by atoms with E-state index in [-0.39, 0.29) is 36.4 Å². The van der Waals surface area contributed by atoms with Crippen LogP contribution in [-0.2, 0) is 23.4 Å². The number of hydrogen-bond donors (Lipinski definition) is 1. The van der Waals surface area contributed by atoms with E-state index >= 15 is 0 Å². The first-order valence-corrected chi connectivity index (χ1v) is 13.3. The summed E-state index contributed by atoms with van der Waals surface area (Å²) in [5.41, 5.74) is 0. The van der Waals surface area contributed by atoms with Gasteiger partial charge in [0, 0.05) is 26.9 Å². The van der Waals surface area contributed by atoms with Crippen LogP contribution in [0.1, 0.15) is 59.8 Å². The van der Waals surface area contributed by atoms with Crippen molar-refractivity contribution in [2.75, 3.05) is 7.11 Å². The Hall–Kier alpha value is -0.473. The average molecular weight is 400 g/mol. The van der Waals surface area contributed by atoms with Crippen LogP contribution in [0.5, 0.6) is 0 Å². The molecule has 1 amide bonds. The van der Waals surface area contributed by atoms with Gasteiger partial charge in [-0.1, -0.05) is 27.2 Å². The van der Waals surface area contributed by atoms with E-state index in [1.807, 2.05) is 0 Å². The molecule has 2 saturated carbocycles. The van der Waals surface area contributed by atoms with E-state index in [1.54, 1.807) is 14.0 Å². The molecule has 1 aliphatic heterocycles. The van der Waals surface area contributed by atoms with Crippen molar-refractivity contribution in [3.05, 3.63) is 0 Å². The molecule has 1 saturated heterocycles. The molecule has 27 heavy (non-hydrogen) atoms. The smallest absolute Gasteiger partial charge is 0.217 e. The molecule has 0 aromatic carbocycles. The average Bonchev–Trinajstić information content (AvgIpc) is 3.13. The Bertz CT molecular complexity index is 512. The van der Waals surface area contributed by atoms with Crippen LogP contribution < -0.4 is 5.32 Å². The Kier molecular flexibility index (Phi) is 6.68. The number of nitrogens with one attached hydrogen (secondary N) is 1. The lowest BCUT2D eigenvalue weighted by molar-refractivity contribution is -0.216. The zero-order valence-corrected chi connectivity index (χ0v) is 18.6. The second-order valence-electron chi connectivity index (χ2n) is 8.39. The SMILES string of the molecule is CC[Si](CC)(CC)O[C@H]1[C@H](NC(C)=O)[C@@H](OC)[C@@H]2OC3(CCCCC3)O[C@@H]21. The molecule has 3 aliphatic rings. The van der Waals surface area contributed by atoms with Crippen molar-refractivity contribution in [1.82, 2.24) is 5.32 Å². The molecule has 1 spiro atoms. The van der Waals surface area contributed by atoms with Crippen molar-refractivity contribution in [2.24, 2.45) is 0 Å². The molecule has 0 aromatic rings. The van der Waals surface area contributed by atoms with Crippen molar-refractivity contribution in [2.45, 2.75) is 114 Å². The number of ether oxygens (including phenoxy) is 3. The Morgan fingerprint density at radius 2 is 1.59 bits per heavy atom. The fourth-order valence-corrected chi connectivity index (χ4v) is 8.05. The minimum atomic E-state index is -1.88. The first-order chi connectivity index (χ1) is 12.9. The van der Waals surface area contributed by atoms with Gasteiger partial charge in [-0.3, -0.25) is 4.79 Å². The van der Waals surface area contributed by atoms with E-state index in [0.717, 1.165) is 43.8 Å². The van der Waals surface area contributed by atoms with Crippen LogP contribution in [0.15, 0.2) is 0 Å². The third-order valence-electron chi connectivity index (χ3n) is 6.96. The maximum Gasteiger partial charge on any atom is 0.217 e. The van der Waals surface area contributed by atoms with Gasteiger partial charge in [-0.15, -0.1) is 0 Å². The van der Waals surface area contributed by atoms with Crippen molar-refractivity contribution < 1.29 is 23.4 Å². The summed E-state index contributed by atoms with van der Waals surface area (Å²) in [4.78, 5) is 11.9. The topological polar surface area (TPSA) is 66.0 Å². The molecule has 6 nitrogen and oxygen atoms in total. The molecule has 7 heteroatoms. The molecule has 1 N–H and O–H groups in total. The highest BCUT2D eigenvalue weighted by atomic mass is 28.4. The van der Waals surface area contributed by atoms with Crippen LogP contribution in [0.4, 0.5) is 0 Å². The molecule has 5 atom stereocenters. The molecular formula is C20H37NO5Si. The van der Waals surface area contributed by atoms with Gasteiger partial charge < -0.3 is 24.0 Å². The van der Waals surface area contributed by atoms with Gasteiger partial charge in [0.2, 0.25) is 5.91 Å². The third kappa shape index (κ3) is 3.99. The maximum atomic E-state index is 11.9. The van der Waals surface area contributed by atoms with Gasteiger partial charge in [-0.25, -0.2) is 0 Å². The normalized spacial score (nSPS) is 35.4. The minimum Gasteiger partial charge on any atom is -0.409 e. The predicted molar refractivity (Wildman–Crippen MR) is 106 cm³/mol. The van der Waals surface area contributed by atoms with Crippen LogP contribution in [0.2, 0.25) is 18.1 Å². The maximum absolute atomic E-state index is 11.9. The summed E-state index contributed by atoms with van der Waals surface area (Å²) in [6, 6.07) is 2.94. The zero-order chi connectivity index (χ0) is 19.7. The van der Waals surface area contributed by atoms with Crippen LogP contribution in [-0.4, -0.2) is 57.6 Å². The van der Waals surface area contributed by atoms with E-state index in [9.17, 15) is 4.79 Å². The van der Waals surface area contributed by atoms with Crippen LogP contribution >= 0.6 is 0 Å². The largest absolute Gasteiger partial charge is 0.409 e. The van der Waals surface area contributed by atoms with Crippen LogP contribution in [0.25, 0.3) is 0 Å². The number of amides is 1. The molecule has 2 aliphatic carbocycles. The summed E-state index contributed by atoms with van der Waals surface area (Å²) in [7, 11) is -0.188. The molecule has 0 aromatic heterocycles. The summed E-state index contributed by atoms with van der Waals surface area (Å²) >= 11 is 0. The lowest BCUT2D eigenvalue weighted by Gasteiger charge is -2.39. The minimum absolute atomic E-state index is 0.0697.